The zero-order valence-electron chi connectivity index (χ0n) is 13.8. The van der Waals surface area contributed by atoms with Gasteiger partial charge in [0.05, 0.1) is 22.5 Å². The number of nitrogens with zero attached hydrogens (tertiary/aromatic N) is 1. The highest BCUT2D eigenvalue weighted by molar-refractivity contribution is 6.35. The molecule has 3 aromatic rings. The molecule has 1 atom stereocenters. The number of amides is 1. The fourth-order valence-corrected chi connectivity index (χ4v) is 3.40. The van der Waals surface area contributed by atoms with Gasteiger partial charge in [0.15, 0.2) is 0 Å². The van der Waals surface area contributed by atoms with Crippen LogP contribution in [0.25, 0.3) is 10.9 Å². The Labute approximate surface area is 153 Å². The van der Waals surface area contributed by atoms with Crippen LogP contribution in [0, 0.1) is 5.82 Å². The van der Waals surface area contributed by atoms with Gasteiger partial charge in [0.2, 0.25) is 5.43 Å². The molecular formula is C19H14ClFN2O3. The molecule has 0 saturated heterocycles. The van der Waals surface area contributed by atoms with Crippen molar-refractivity contribution in [3.05, 3.63) is 69.2 Å². The van der Waals surface area contributed by atoms with Gasteiger partial charge in [-0.25, -0.2) is 4.39 Å². The fraction of sp³-hybridized carbons (Fsp3) is 0.158. The maximum absolute atomic E-state index is 13.3. The summed E-state index contributed by atoms with van der Waals surface area (Å²) in [7, 11) is 0. The van der Waals surface area contributed by atoms with Crippen molar-refractivity contribution in [2.24, 2.45) is 0 Å². The molecule has 5 nitrogen and oxygen atoms in total. The first-order chi connectivity index (χ1) is 12.4. The van der Waals surface area contributed by atoms with Gasteiger partial charge in [-0.1, -0.05) is 17.7 Å². The molecule has 2 heterocycles. The number of hydrogen-bond acceptors (Lipinski definition) is 3. The molecule has 0 aliphatic carbocycles. The predicted octanol–water partition coefficient (Wildman–Crippen LogP) is 3.83. The number of benzene rings is 2. The van der Waals surface area contributed by atoms with Crippen molar-refractivity contribution >= 4 is 34.1 Å². The van der Waals surface area contributed by atoms with Crippen molar-refractivity contribution in [1.29, 1.82) is 0 Å². The minimum atomic E-state index is -0.619. The third-order valence-electron chi connectivity index (χ3n) is 4.24. The average molecular weight is 373 g/mol. The van der Waals surface area contributed by atoms with E-state index < -0.39 is 17.2 Å². The van der Waals surface area contributed by atoms with E-state index in [1.807, 2.05) is 6.92 Å². The maximum atomic E-state index is 13.3. The quantitative estimate of drug-likeness (QED) is 0.743. The van der Waals surface area contributed by atoms with E-state index in [0.717, 1.165) is 0 Å². The Morgan fingerprint density at radius 1 is 1.35 bits per heavy atom. The van der Waals surface area contributed by atoms with Crippen LogP contribution >= 0.6 is 11.6 Å². The number of hydrogen-bond donors (Lipinski definition) is 1. The lowest BCUT2D eigenvalue weighted by molar-refractivity contribution is 0.102. The lowest BCUT2D eigenvalue weighted by Crippen LogP contribution is -2.30. The largest absolute Gasteiger partial charge is 0.487 e. The Morgan fingerprint density at radius 3 is 2.92 bits per heavy atom. The second kappa shape index (κ2) is 6.14. The average Bonchev–Trinajstić information content (AvgIpc) is 2.59. The molecule has 1 amide bonds. The first-order valence-electron chi connectivity index (χ1n) is 8.03. The van der Waals surface area contributed by atoms with Crippen molar-refractivity contribution < 1.29 is 13.9 Å². The highest BCUT2D eigenvalue weighted by Gasteiger charge is 2.24. The van der Waals surface area contributed by atoms with Crippen molar-refractivity contribution in [3.63, 3.8) is 0 Å². The second-order valence-corrected chi connectivity index (χ2v) is 6.59. The van der Waals surface area contributed by atoms with Gasteiger partial charge in [-0.2, -0.15) is 0 Å². The fourth-order valence-electron chi connectivity index (χ4n) is 3.16. The van der Waals surface area contributed by atoms with Gasteiger partial charge < -0.3 is 14.6 Å². The van der Waals surface area contributed by atoms with Crippen LogP contribution in [0.2, 0.25) is 5.02 Å². The van der Waals surface area contributed by atoms with E-state index in [9.17, 15) is 14.0 Å². The molecular weight excluding hydrogens is 359 g/mol. The number of carbonyl (C=O) groups is 1. The molecule has 2 aromatic carbocycles. The molecule has 1 aliphatic heterocycles. The number of ether oxygens (including phenoxy) is 1. The van der Waals surface area contributed by atoms with Crippen LogP contribution in [0.4, 0.5) is 10.1 Å². The highest BCUT2D eigenvalue weighted by Crippen LogP contribution is 2.33. The van der Waals surface area contributed by atoms with E-state index >= 15 is 0 Å². The molecule has 1 aromatic heterocycles. The van der Waals surface area contributed by atoms with Crippen LogP contribution in [-0.2, 0) is 6.54 Å². The van der Waals surface area contributed by atoms with Crippen LogP contribution in [0.1, 0.15) is 17.3 Å². The minimum absolute atomic E-state index is 0.0603. The summed E-state index contributed by atoms with van der Waals surface area (Å²) in [5.41, 5.74) is 0.290. The summed E-state index contributed by atoms with van der Waals surface area (Å²) in [4.78, 5) is 25.5. The zero-order chi connectivity index (χ0) is 18.4. The number of rotatable bonds is 2. The second-order valence-electron chi connectivity index (χ2n) is 6.19. The Balaban J connectivity index is 1.86. The van der Waals surface area contributed by atoms with Crippen LogP contribution in [0.5, 0.6) is 5.75 Å². The first-order valence-corrected chi connectivity index (χ1v) is 8.41. The van der Waals surface area contributed by atoms with Gasteiger partial charge in [-0.05, 0) is 37.3 Å². The lowest BCUT2D eigenvalue weighted by atomic mass is 10.1. The van der Waals surface area contributed by atoms with Crippen molar-refractivity contribution in [1.82, 2.24) is 4.57 Å². The molecule has 0 bridgehead atoms. The van der Waals surface area contributed by atoms with Crippen LogP contribution in [0.3, 0.4) is 0 Å². The number of halogens is 2. The summed E-state index contributed by atoms with van der Waals surface area (Å²) in [5.74, 6) is -0.545. The van der Waals surface area contributed by atoms with E-state index in [-0.39, 0.29) is 27.8 Å². The summed E-state index contributed by atoms with van der Waals surface area (Å²) < 4.78 is 20.9. The van der Waals surface area contributed by atoms with Crippen molar-refractivity contribution in [3.8, 4) is 5.75 Å². The van der Waals surface area contributed by atoms with E-state index in [2.05, 4.69) is 5.32 Å². The Hall–Kier alpha value is -2.86. The Kier molecular flexibility index (Phi) is 3.92. The molecule has 132 valence electrons. The molecule has 7 heteroatoms. The summed E-state index contributed by atoms with van der Waals surface area (Å²) in [6, 6.07) is 8.77. The molecule has 0 fully saturated rings. The van der Waals surface area contributed by atoms with Gasteiger partial charge in [0.25, 0.3) is 5.91 Å². The van der Waals surface area contributed by atoms with E-state index in [1.54, 1.807) is 22.8 Å². The molecule has 0 spiro atoms. The summed E-state index contributed by atoms with van der Waals surface area (Å²) in [6.07, 6.45) is 1.38. The molecule has 0 unspecified atom stereocenters. The van der Waals surface area contributed by atoms with Gasteiger partial charge in [0.1, 0.15) is 23.2 Å². The van der Waals surface area contributed by atoms with Crippen molar-refractivity contribution in [2.75, 3.05) is 5.32 Å². The Bertz CT molecular complexity index is 1110. The topological polar surface area (TPSA) is 60.3 Å². The molecule has 1 aliphatic rings. The number of nitrogens with one attached hydrogen (secondary N) is 1. The highest BCUT2D eigenvalue weighted by atomic mass is 35.5. The van der Waals surface area contributed by atoms with E-state index in [1.165, 1.54) is 24.4 Å². The smallest absolute Gasteiger partial charge is 0.261 e. The van der Waals surface area contributed by atoms with Gasteiger partial charge in [-0.15, -0.1) is 0 Å². The van der Waals surface area contributed by atoms with Gasteiger partial charge in [-0.3, -0.25) is 9.59 Å². The maximum Gasteiger partial charge on any atom is 0.261 e. The number of pyridine rings is 1. The van der Waals surface area contributed by atoms with Crippen LogP contribution < -0.4 is 15.5 Å². The molecule has 26 heavy (non-hydrogen) atoms. The summed E-state index contributed by atoms with van der Waals surface area (Å²) in [5, 5.41) is 3.04. The minimum Gasteiger partial charge on any atom is -0.487 e. The zero-order valence-corrected chi connectivity index (χ0v) is 14.5. The number of anilines is 1. The number of carbonyl (C=O) groups excluding carboxylic acids is 1. The van der Waals surface area contributed by atoms with E-state index in [4.69, 9.17) is 16.3 Å². The molecule has 0 radical (unpaired) electrons. The number of aromatic nitrogens is 1. The van der Waals surface area contributed by atoms with Crippen molar-refractivity contribution in [2.45, 2.75) is 19.6 Å². The van der Waals surface area contributed by atoms with Crippen LogP contribution in [0.15, 0.2) is 47.4 Å². The third-order valence-corrected chi connectivity index (χ3v) is 4.56. The SMILES string of the molecule is C[C@@H]1Cn2cc(C(=O)Nc3cccc(F)c3)c(=O)c3c(Cl)ccc(c32)O1. The molecule has 0 saturated carbocycles. The van der Waals surface area contributed by atoms with Gasteiger partial charge >= 0.3 is 0 Å². The molecule has 4 rings (SSSR count). The monoisotopic (exact) mass is 372 g/mol. The third kappa shape index (κ3) is 2.72. The van der Waals surface area contributed by atoms with Gasteiger partial charge in [0, 0.05) is 11.9 Å². The Morgan fingerprint density at radius 2 is 2.15 bits per heavy atom. The normalized spacial score (nSPS) is 15.6. The van der Waals surface area contributed by atoms with E-state index in [0.29, 0.717) is 17.8 Å². The summed E-state index contributed by atoms with van der Waals surface area (Å²) in [6.45, 7) is 2.37. The lowest BCUT2D eigenvalue weighted by Gasteiger charge is -2.26. The predicted molar refractivity (Wildman–Crippen MR) is 97.7 cm³/mol. The standard InChI is InChI=1S/C19H14ClFN2O3/c1-10-8-23-9-13(19(25)22-12-4-2-3-11(21)7-12)18(24)16-14(20)5-6-15(26-10)17(16)23/h2-7,9-10H,8H2,1H3,(H,22,25)/t10-/m1/s1. The summed E-state index contributed by atoms with van der Waals surface area (Å²) >= 11 is 6.23. The molecule has 1 N–H and O–H groups in total. The first kappa shape index (κ1) is 16.6. The van der Waals surface area contributed by atoms with Crippen LogP contribution in [-0.4, -0.2) is 16.6 Å².